The number of aromatic nitrogens is 1. The summed E-state index contributed by atoms with van der Waals surface area (Å²) in [5.74, 6) is 2.24. The average Bonchev–Trinajstić information content (AvgIpc) is 2.62. The standard InChI is InChI=1S/C22H26N2O2/c1-15-9-10-16(2)20(14-15)25-13-5-6-17(3)26-19-8-4-7-18-11-12-21(23)24-22(18)19/h4,7-12,14,17H,5-6,13H2,1-3H3,(H2,23,24). The van der Waals surface area contributed by atoms with Gasteiger partial charge in [-0.1, -0.05) is 24.3 Å². The molecular formula is C22H26N2O2. The lowest BCUT2D eigenvalue weighted by atomic mass is 10.1. The predicted octanol–water partition coefficient (Wildman–Crippen LogP) is 5.06. The van der Waals surface area contributed by atoms with E-state index >= 15 is 0 Å². The second kappa shape index (κ2) is 8.09. The molecule has 0 amide bonds. The van der Waals surface area contributed by atoms with E-state index in [-0.39, 0.29) is 6.10 Å². The van der Waals surface area contributed by atoms with E-state index < -0.39 is 0 Å². The van der Waals surface area contributed by atoms with Crippen LogP contribution in [0.25, 0.3) is 10.9 Å². The maximum Gasteiger partial charge on any atom is 0.146 e. The lowest BCUT2D eigenvalue weighted by Gasteiger charge is -2.16. The Morgan fingerprint density at radius 3 is 2.73 bits per heavy atom. The number of nitrogens with two attached hydrogens (primary N) is 1. The number of ether oxygens (including phenoxy) is 2. The third-order valence-corrected chi connectivity index (χ3v) is 4.39. The van der Waals surface area contributed by atoms with Crippen molar-refractivity contribution in [1.29, 1.82) is 0 Å². The molecule has 0 aliphatic carbocycles. The van der Waals surface area contributed by atoms with Gasteiger partial charge in [-0.2, -0.15) is 0 Å². The molecule has 3 rings (SSSR count). The first-order valence-electron chi connectivity index (χ1n) is 9.05. The number of fused-ring (bicyclic) bond motifs is 1. The molecule has 0 spiro atoms. The van der Waals surface area contributed by atoms with Crippen molar-refractivity contribution < 1.29 is 9.47 Å². The van der Waals surface area contributed by atoms with Crippen molar-refractivity contribution in [2.75, 3.05) is 12.3 Å². The fraction of sp³-hybridized carbons (Fsp3) is 0.318. The van der Waals surface area contributed by atoms with Crippen LogP contribution in [0.1, 0.15) is 30.9 Å². The Balaban J connectivity index is 1.54. The normalized spacial score (nSPS) is 12.1. The summed E-state index contributed by atoms with van der Waals surface area (Å²) >= 11 is 0. The van der Waals surface area contributed by atoms with Crippen LogP contribution in [-0.4, -0.2) is 17.7 Å². The Labute approximate surface area is 155 Å². The van der Waals surface area contributed by atoms with Gasteiger partial charge in [0.05, 0.1) is 12.7 Å². The average molecular weight is 350 g/mol. The van der Waals surface area contributed by atoms with Gasteiger partial charge in [0, 0.05) is 5.39 Å². The molecule has 1 heterocycles. The van der Waals surface area contributed by atoms with E-state index in [0.717, 1.165) is 35.2 Å². The minimum atomic E-state index is 0.0750. The molecule has 0 bridgehead atoms. The van der Waals surface area contributed by atoms with Crippen LogP contribution in [0.15, 0.2) is 48.5 Å². The number of nitrogen functional groups attached to an aromatic ring is 1. The summed E-state index contributed by atoms with van der Waals surface area (Å²) in [6.45, 7) is 6.90. The first kappa shape index (κ1) is 18.1. The van der Waals surface area contributed by atoms with Crippen LogP contribution in [0.5, 0.6) is 11.5 Å². The summed E-state index contributed by atoms with van der Waals surface area (Å²) in [7, 11) is 0. The summed E-state index contributed by atoms with van der Waals surface area (Å²) in [5.41, 5.74) is 9.01. The Kier molecular flexibility index (Phi) is 5.61. The van der Waals surface area contributed by atoms with Gasteiger partial charge in [-0.25, -0.2) is 4.98 Å². The molecule has 26 heavy (non-hydrogen) atoms. The number of para-hydroxylation sites is 1. The van der Waals surface area contributed by atoms with Gasteiger partial charge in [0.2, 0.25) is 0 Å². The molecule has 1 unspecified atom stereocenters. The molecule has 0 fully saturated rings. The van der Waals surface area contributed by atoms with Gasteiger partial charge >= 0.3 is 0 Å². The first-order valence-corrected chi connectivity index (χ1v) is 9.05. The Bertz CT molecular complexity index is 892. The van der Waals surface area contributed by atoms with Gasteiger partial charge in [-0.3, -0.25) is 0 Å². The second-order valence-corrected chi connectivity index (χ2v) is 6.75. The molecule has 1 atom stereocenters. The van der Waals surface area contributed by atoms with Gasteiger partial charge in [0.15, 0.2) is 0 Å². The van der Waals surface area contributed by atoms with Crippen molar-refractivity contribution in [3.05, 3.63) is 59.7 Å². The maximum atomic E-state index is 6.10. The van der Waals surface area contributed by atoms with E-state index in [2.05, 4.69) is 44.0 Å². The number of hydrogen-bond donors (Lipinski definition) is 1. The first-order chi connectivity index (χ1) is 12.5. The Morgan fingerprint density at radius 1 is 1.04 bits per heavy atom. The zero-order chi connectivity index (χ0) is 18.5. The number of aryl methyl sites for hydroxylation is 2. The smallest absolute Gasteiger partial charge is 0.146 e. The molecule has 4 heteroatoms. The van der Waals surface area contributed by atoms with E-state index in [1.165, 1.54) is 11.1 Å². The van der Waals surface area contributed by atoms with Crippen LogP contribution in [0.4, 0.5) is 5.82 Å². The van der Waals surface area contributed by atoms with Gasteiger partial charge in [-0.15, -0.1) is 0 Å². The molecule has 2 N–H and O–H groups in total. The molecule has 0 saturated heterocycles. The number of pyridine rings is 1. The highest BCUT2D eigenvalue weighted by atomic mass is 16.5. The molecule has 0 radical (unpaired) electrons. The largest absolute Gasteiger partial charge is 0.493 e. The molecule has 1 aromatic heterocycles. The lowest BCUT2D eigenvalue weighted by molar-refractivity contribution is 0.195. The zero-order valence-electron chi connectivity index (χ0n) is 15.7. The Hall–Kier alpha value is -2.75. The lowest BCUT2D eigenvalue weighted by Crippen LogP contribution is -2.14. The monoisotopic (exact) mass is 350 g/mol. The third kappa shape index (κ3) is 4.45. The molecule has 0 saturated carbocycles. The summed E-state index contributed by atoms with van der Waals surface area (Å²) in [5, 5.41) is 1.03. The second-order valence-electron chi connectivity index (χ2n) is 6.75. The molecule has 136 valence electrons. The van der Waals surface area contributed by atoms with Crippen LogP contribution < -0.4 is 15.2 Å². The summed E-state index contributed by atoms with van der Waals surface area (Å²) < 4.78 is 12.0. The quantitative estimate of drug-likeness (QED) is 0.605. The Morgan fingerprint density at radius 2 is 1.88 bits per heavy atom. The number of nitrogens with zero attached hydrogens (tertiary/aromatic N) is 1. The minimum Gasteiger partial charge on any atom is -0.493 e. The van der Waals surface area contributed by atoms with E-state index in [9.17, 15) is 0 Å². The molecule has 4 nitrogen and oxygen atoms in total. The van der Waals surface area contributed by atoms with E-state index in [1.54, 1.807) is 6.07 Å². The fourth-order valence-corrected chi connectivity index (χ4v) is 2.92. The summed E-state index contributed by atoms with van der Waals surface area (Å²) in [6, 6.07) is 16.0. The molecule has 0 aliphatic heterocycles. The zero-order valence-corrected chi connectivity index (χ0v) is 15.7. The van der Waals surface area contributed by atoms with Gasteiger partial charge in [0.1, 0.15) is 22.8 Å². The van der Waals surface area contributed by atoms with E-state index in [0.29, 0.717) is 12.4 Å². The summed E-state index contributed by atoms with van der Waals surface area (Å²) in [6.07, 6.45) is 1.91. The minimum absolute atomic E-state index is 0.0750. The molecule has 3 aromatic rings. The number of anilines is 1. The number of benzene rings is 2. The SMILES string of the molecule is Cc1ccc(C)c(OCCCC(C)Oc2cccc3ccc(N)nc23)c1. The van der Waals surface area contributed by atoms with Crippen molar-refractivity contribution in [3.8, 4) is 11.5 Å². The van der Waals surface area contributed by atoms with Crippen molar-refractivity contribution in [2.24, 2.45) is 0 Å². The highest BCUT2D eigenvalue weighted by Crippen LogP contribution is 2.26. The van der Waals surface area contributed by atoms with Crippen molar-refractivity contribution in [2.45, 2.75) is 39.7 Å². The van der Waals surface area contributed by atoms with Crippen LogP contribution in [0.2, 0.25) is 0 Å². The molecule has 2 aromatic carbocycles. The topological polar surface area (TPSA) is 57.4 Å². The number of hydrogen-bond acceptors (Lipinski definition) is 4. The van der Waals surface area contributed by atoms with Gasteiger partial charge < -0.3 is 15.2 Å². The predicted molar refractivity (Wildman–Crippen MR) is 107 cm³/mol. The highest BCUT2D eigenvalue weighted by Gasteiger charge is 2.09. The van der Waals surface area contributed by atoms with Crippen LogP contribution in [0.3, 0.4) is 0 Å². The van der Waals surface area contributed by atoms with Crippen molar-refractivity contribution in [3.63, 3.8) is 0 Å². The van der Waals surface area contributed by atoms with Crippen LogP contribution in [0, 0.1) is 13.8 Å². The van der Waals surface area contributed by atoms with Crippen LogP contribution >= 0.6 is 0 Å². The van der Waals surface area contributed by atoms with E-state index in [4.69, 9.17) is 15.2 Å². The maximum absolute atomic E-state index is 6.10. The van der Waals surface area contributed by atoms with Gasteiger partial charge in [-0.05, 0) is 69.0 Å². The molecule has 0 aliphatic rings. The van der Waals surface area contributed by atoms with Crippen molar-refractivity contribution >= 4 is 16.7 Å². The van der Waals surface area contributed by atoms with E-state index in [1.807, 2.05) is 24.3 Å². The van der Waals surface area contributed by atoms with Gasteiger partial charge in [0.25, 0.3) is 0 Å². The third-order valence-electron chi connectivity index (χ3n) is 4.39. The van der Waals surface area contributed by atoms with Crippen molar-refractivity contribution in [1.82, 2.24) is 4.98 Å². The summed E-state index contributed by atoms with van der Waals surface area (Å²) in [4.78, 5) is 4.41. The van der Waals surface area contributed by atoms with Crippen LogP contribution in [-0.2, 0) is 0 Å². The molecular weight excluding hydrogens is 324 g/mol. The fourth-order valence-electron chi connectivity index (χ4n) is 2.92. The number of rotatable bonds is 7. The highest BCUT2D eigenvalue weighted by molar-refractivity contribution is 5.85.